The molecule has 1 aliphatic heterocycles. The summed E-state index contributed by atoms with van der Waals surface area (Å²) in [5, 5.41) is 0. The molecular formula is C14H12O2. The van der Waals surface area contributed by atoms with Crippen LogP contribution >= 0.6 is 0 Å². The highest BCUT2D eigenvalue weighted by molar-refractivity contribution is 5.93. The predicted octanol–water partition coefficient (Wildman–Crippen LogP) is 2.97. The van der Waals surface area contributed by atoms with E-state index in [-0.39, 0.29) is 5.78 Å². The van der Waals surface area contributed by atoms with Gasteiger partial charge in [0, 0.05) is 24.0 Å². The van der Waals surface area contributed by atoms with Gasteiger partial charge in [-0.1, -0.05) is 31.2 Å². The van der Waals surface area contributed by atoms with Crippen molar-refractivity contribution in [2.24, 2.45) is 0 Å². The Kier molecular flexibility index (Phi) is 1.96. The molecule has 2 heteroatoms. The first-order chi connectivity index (χ1) is 7.75. The van der Waals surface area contributed by atoms with Crippen molar-refractivity contribution in [3.63, 3.8) is 0 Å². The second-order valence-electron chi connectivity index (χ2n) is 4.20. The highest BCUT2D eigenvalue weighted by Crippen LogP contribution is 2.42. The molecule has 1 aliphatic carbocycles. The van der Waals surface area contributed by atoms with Crippen LogP contribution in [-0.2, 0) is 4.79 Å². The van der Waals surface area contributed by atoms with Crippen LogP contribution in [0.25, 0.3) is 0 Å². The Morgan fingerprint density at radius 1 is 1.31 bits per heavy atom. The Balaban J connectivity index is 2.14. The molecule has 2 nitrogen and oxygen atoms in total. The van der Waals surface area contributed by atoms with Crippen molar-refractivity contribution in [1.29, 1.82) is 0 Å². The van der Waals surface area contributed by atoms with E-state index in [4.69, 9.17) is 4.74 Å². The summed E-state index contributed by atoms with van der Waals surface area (Å²) in [7, 11) is 0. The van der Waals surface area contributed by atoms with E-state index in [1.54, 1.807) is 6.08 Å². The summed E-state index contributed by atoms with van der Waals surface area (Å²) >= 11 is 0. The zero-order chi connectivity index (χ0) is 11.1. The van der Waals surface area contributed by atoms with Crippen molar-refractivity contribution in [3.05, 3.63) is 53.3 Å². The van der Waals surface area contributed by atoms with Crippen LogP contribution in [0.1, 0.15) is 24.8 Å². The van der Waals surface area contributed by atoms with E-state index in [0.29, 0.717) is 12.3 Å². The molecule has 2 aliphatic rings. The van der Waals surface area contributed by atoms with Crippen molar-refractivity contribution in [1.82, 2.24) is 0 Å². The molecule has 1 aromatic rings. The Morgan fingerprint density at radius 2 is 2.12 bits per heavy atom. The number of allylic oxidation sites excluding steroid dienone is 3. The maximum atomic E-state index is 11.3. The van der Waals surface area contributed by atoms with Gasteiger partial charge in [-0.15, -0.1) is 0 Å². The van der Waals surface area contributed by atoms with Crippen LogP contribution in [0.4, 0.5) is 0 Å². The number of ether oxygens (including phenoxy) is 1. The molecular weight excluding hydrogens is 200 g/mol. The minimum Gasteiger partial charge on any atom is -0.457 e. The summed E-state index contributed by atoms with van der Waals surface area (Å²) in [5.41, 5.74) is 2.33. The lowest BCUT2D eigenvalue weighted by molar-refractivity contribution is -0.114. The molecule has 0 amide bonds. The van der Waals surface area contributed by atoms with Gasteiger partial charge >= 0.3 is 0 Å². The van der Waals surface area contributed by atoms with Crippen molar-refractivity contribution < 1.29 is 9.53 Å². The highest BCUT2D eigenvalue weighted by Gasteiger charge is 2.28. The summed E-state index contributed by atoms with van der Waals surface area (Å²) in [6, 6.07) is 7.99. The number of benzene rings is 1. The molecule has 0 spiro atoms. The molecule has 3 rings (SSSR count). The van der Waals surface area contributed by atoms with E-state index in [0.717, 1.165) is 17.1 Å². The number of para-hydroxylation sites is 1. The van der Waals surface area contributed by atoms with Gasteiger partial charge in [-0.25, -0.2) is 0 Å². The third-order valence-corrected chi connectivity index (χ3v) is 3.17. The maximum Gasteiger partial charge on any atom is 0.163 e. The minimum absolute atomic E-state index is 0.116. The average molecular weight is 212 g/mol. The van der Waals surface area contributed by atoms with Gasteiger partial charge in [0.1, 0.15) is 11.5 Å². The first-order valence-corrected chi connectivity index (χ1v) is 5.47. The molecule has 16 heavy (non-hydrogen) atoms. The van der Waals surface area contributed by atoms with E-state index in [9.17, 15) is 4.79 Å². The number of carbonyl (C=O) groups is 1. The van der Waals surface area contributed by atoms with Gasteiger partial charge in [-0.05, 0) is 11.6 Å². The molecule has 0 saturated heterocycles. The molecule has 0 N–H and O–H groups in total. The number of carbonyl (C=O) groups excluding carboxylic acids is 1. The monoisotopic (exact) mass is 212 g/mol. The largest absolute Gasteiger partial charge is 0.457 e. The Labute approximate surface area is 94.2 Å². The summed E-state index contributed by atoms with van der Waals surface area (Å²) < 4.78 is 5.75. The molecule has 1 heterocycles. The number of hydrogen-bond donors (Lipinski definition) is 0. The standard InChI is InChI=1S/C14H12O2/c1-9-11-4-2-3-5-13(11)16-14-8-10(15)6-7-12(9)14/h2-5,7-9H,6H2,1H3. The molecule has 80 valence electrons. The molecule has 1 unspecified atom stereocenters. The quantitative estimate of drug-likeness (QED) is 0.660. The molecule has 0 aromatic heterocycles. The first kappa shape index (κ1) is 9.40. The summed E-state index contributed by atoms with van der Waals surface area (Å²) in [5.74, 6) is 2.02. The SMILES string of the molecule is CC1C2=CCC(=O)C=C2Oc2ccccc21. The lowest BCUT2D eigenvalue weighted by atomic mass is 9.85. The van der Waals surface area contributed by atoms with Crippen molar-refractivity contribution in [2.45, 2.75) is 19.3 Å². The number of fused-ring (bicyclic) bond motifs is 2. The Hall–Kier alpha value is -1.83. The fraction of sp³-hybridized carbons (Fsp3) is 0.214. The van der Waals surface area contributed by atoms with Gasteiger partial charge in [0.15, 0.2) is 5.78 Å². The number of rotatable bonds is 0. The normalized spacial score (nSPS) is 22.6. The lowest BCUT2D eigenvalue weighted by Crippen LogP contribution is -2.18. The van der Waals surface area contributed by atoms with Gasteiger partial charge in [0.2, 0.25) is 0 Å². The Bertz CT molecular complexity index is 523. The van der Waals surface area contributed by atoms with E-state index >= 15 is 0 Å². The third-order valence-electron chi connectivity index (χ3n) is 3.17. The van der Waals surface area contributed by atoms with Crippen LogP contribution in [0, 0.1) is 0 Å². The topological polar surface area (TPSA) is 26.3 Å². The van der Waals surface area contributed by atoms with Crippen LogP contribution in [0.15, 0.2) is 47.7 Å². The molecule has 0 fully saturated rings. The van der Waals surface area contributed by atoms with Crippen LogP contribution < -0.4 is 4.74 Å². The predicted molar refractivity (Wildman–Crippen MR) is 61.3 cm³/mol. The molecule has 1 aromatic carbocycles. The summed E-state index contributed by atoms with van der Waals surface area (Å²) in [6.45, 7) is 2.15. The van der Waals surface area contributed by atoms with E-state index in [1.807, 2.05) is 24.3 Å². The second-order valence-corrected chi connectivity index (χ2v) is 4.20. The molecule has 0 radical (unpaired) electrons. The van der Waals surface area contributed by atoms with E-state index in [1.165, 1.54) is 5.56 Å². The molecule has 0 bridgehead atoms. The van der Waals surface area contributed by atoms with Crippen molar-refractivity contribution >= 4 is 5.78 Å². The average Bonchev–Trinajstić information content (AvgIpc) is 2.29. The minimum atomic E-state index is 0.116. The van der Waals surface area contributed by atoms with Crippen LogP contribution in [0.2, 0.25) is 0 Å². The zero-order valence-corrected chi connectivity index (χ0v) is 9.07. The van der Waals surface area contributed by atoms with E-state index in [2.05, 4.69) is 13.0 Å². The lowest BCUT2D eigenvalue weighted by Gasteiger charge is -2.29. The van der Waals surface area contributed by atoms with Gasteiger partial charge < -0.3 is 4.74 Å². The maximum absolute atomic E-state index is 11.3. The number of hydrogen-bond acceptors (Lipinski definition) is 2. The third kappa shape index (κ3) is 1.30. The summed E-state index contributed by atoms with van der Waals surface area (Å²) in [4.78, 5) is 11.3. The van der Waals surface area contributed by atoms with Crippen molar-refractivity contribution in [3.8, 4) is 5.75 Å². The van der Waals surface area contributed by atoms with E-state index < -0.39 is 0 Å². The van der Waals surface area contributed by atoms with Gasteiger partial charge in [-0.3, -0.25) is 4.79 Å². The first-order valence-electron chi connectivity index (χ1n) is 5.47. The summed E-state index contributed by atoms with van der Waals surface area (Å²) in [6.07, 6.45) is 4.09. The van der Waals surface area contributed by atoms with Gasteiger partial charge in [-0.2, -0.15) is 0 Å². The fourth-order valence-corrected chi connectivity index (χ4v) is 2.30. The number of ketones is 1. The zero-order valence-electron chi connectivity index (χ0n) is 9.07. The van der Waals surface area contributed by atoms with Crippen LogP contribution in [0.5, 0.6) is 5.75 Å². The smallest absolute Gasteiger partial charge is 0.163 e. The van der Waals surface area contributed by atoms with Gasteiger partial charge in [0.25, 0.3) is 0 Å². The van der Waals surface area contributed by atoms with Crippen molar-refractivity contribution in [2.75, 3.05) is 0 Å². The Morgan fingerprint density at radius 3 is 3.00 bits per heavy atom. The van der Waals surface area contributed by atoms with Gasteiger partial charge in [0.05, 0.1) is 0 Å². The molecule has 1 atom stereocenters. The fourth-order valence-electron chi connectivity index (χ4n) is 2.30. The van der Waals surface area contributed by atoms with Crippen LogP contribution in [0.3, 0.4) is 0 Å². The molecule has 0 saturated carbocycles. The second kappa shape index (κ2) is 3.34. The highest BCUT2D eigenvalue weighted by atomic mass is 16.5. The van der Waals surface area contributed by atoms with Crippen LogP contribution in [-0.4, -0.2) is 5.78 Å².